The van der Waals surface area contributed by atoms with Gasteiger partial charge in [-0.2, -0.15) is 4.98 Å². The maximum Gasteiger partial charge on any atom is 0.274 e. The summed E-state index contributed by atoms with van der Waals surface area (Å²) in [4.78, 5) is 7.15. The van der Waals surface area contributed by atoms with Crippen LogP contribution in [-0.4, -0.2) is 15.1 Å². The van der Waals surface area contributed by atoms with Gasteiger partial charge in [-0.25, -0.2) is 4.39 Å². The van der Waals surface area contributed by atoms with Crippen molar-refractivity contribution >= 4 is 0 Å². The summed E-state index contributed by atoms with van der Waals surface area (Å²) in [6, 6.07) is 9.73. The minimum Gasteiger partial charge on any atom is -0.357 e. The van der Waals surface area contributed by atoms with Crippen molar-refractivity contribution in [3.63, 3.8) is 0 Å². The summed E-state index contributed by atoms with van der Waals surface area (Å²) in [5.41, 5.74) is 1.33. The van der Waals surface area contributed by atoms with Gasteiger partial charge in [0.1, 0.15) is 11.5 Å². The SMILES string of the molecule is Fc1cccc(-c2noc(-c3ccc[nH]3)n2)c1. The molecule has 1 N–H and O–H groups in total. The van der Waals surface area contributed by atoms with Gasteiger partial charge >= 0.3 is 0 Å². The van der Waals surface area contributed by atoms with Crippen LogP contribution in [0.1, 0.15) is 0 Å². The maximum atomic E-state index is 13.0. The number of nitrogens with zero attached hydrogens (tertiary/aromatic N) is 2. The zero-order valence-electron chi connectivity index (χ0n) is 8.72. The van der Waals surface area contributed by atoms with Crippen molar-refractivity contribution in [1.29, 1.82) is 0 Å². The molecule has 2 heterocycles. The Morgan fingerprint density at radius 2 is 2.12 bits per heavy atom. The average Bonchev–Trinajstić information content (AvgIpc) is 3.00. The first kappa shape index (κ1) is 9.77. The van der Waals surface area contributed by atoms with Gasteiger partial charge in [0.25, 0.3) is 5.89 Å². The molecule has 3 aromatic rings. The number of nitrogens with one attached hydrogen (secondary N) is 1. The Morgan fingerprint density at radius 3 is 2.88 bits per heavy atom. The van der Waals surface area contributed by atoms with Crippen LogP contribution in [0.4, 0.5) is 4.39 Å². The number of H-pyrrole nitrogens is 1. The molecule has 0 spiro atoms. The van der Waals surface area contributed by atoms with Gasteiger partial charge in [0.15, 0.2) is 0 Å². The van der Waals surface area contributed by atoms with Crippen LogP contribution in [0.25, 0.3) is 23.0 Å². The molecule has 1 aromatic carbocycles. The molecule has 0 radical (unpaired) electrons. The average molecular weight is 229 g/mol. The van der Waals surface area contributed by atoms with E-state index in [2.05, 4.69) is 15.1 Å². The molecule has 0 aliphatic heterocycles. The Morgan fingerprint density at radius 1 is 1.18 bits per heavy atom. The van der Waals surface area contributed by atoms with E-state index in [9.17, 15) is 4.39 Å². The smallest absolute Gasteiger partial charge is 0.274 e. The third kappa shape index (κ3) is 1.82. The molecular weight excluding hydrogens is 221 g/mol. The van der Waals surface area contributed by atoms with E-state index in [1.54, 1.807) is 18.3 Å². The molecular formula is C12H8FN3O. The van der Waals surface area contributed by atoms with Crippen LogP contribution in [0.15, 0.2) is 47.1 Å². The van der Waals surface area contributed by atoms with Crippen LogP contribution in [0.3, 0.4) is 0 Å². The van der Waals surface area contributed by atoms with Gasteiger partial charge in [-0.1, -0.05) is 17.3 Å². The molecule has 0 amide bonds. The minimum absolute atomic E-state index is 0.325. The number of aromatic amines is 1. The summed E-state index contributed by atoms with van der Waals surface area (Å²) in [6.07, 6.45) is 1.77. The van der Waals surface area contributed by atoms with Gasteiger partial charge < -0.3 is 9.51 Å². The Labute approximate surface area is 96.1 Å². The molecule has 4 nitrogen and oxygen atoms in total. The summed E-state index contributed by atoms with van der Waals surface area (Å²) in [5, 5.41) is 3.81. The van der Waals surface area contributed by atoms with Gasteiger partial charge in [-0.15, -0.1) is 0 Å². The van der Waals surface area contributed by atoms with E-state index in [4.69, 9.17) is 4.52 Å². The van der Waals surface area contributed by atoms with Gasteiger partial charge in [0, 0.05) is 11.8 Å². The third-order valence-electron chi connectivity index (χ3n) is 2.34. The number of halogens is 1. The van der Waals surface area contributed by atoms with Gasteiger partial charge in [-0.05, 0) is 24.3 Å². The van der Waals surface area contributed by atoms with Crippen molar-refractivity contribution in [2.75, 3.05) is 0 Å². The lowest BCUT2D eigenvalue weighted by molar-refractivity contribution is 0.431. The lowest BCUT2D eigenvalue weighted by atomic mass is 10.2. The van der Waals surface area contributed by atoms with Crippen molar-refractivity contribution in [3.8, 4) is 23.0 Å². The summed E-state index contributed by atoms with van der Waals surface area (Å²) < 4.78 is 18.1. The molecule has 0 saturated heterocycles. The first-order valence-corrected chi connectivity index (χ1v) is 5.06. The summed E-state index contributed by atoms with van der Waals surface area (Å²) >= 11 is 0. The van der Waals surface area contributed by atoms with Crippen molar-refractivity contribution in [2.45, 2.75) is 0 Å². The summed E-state index contributed by atoms with van der Waals surface area (Å²) in [5.74, 6) is 0.428. The molecule has 0 unspecified atom stereocenters. The van der Waals surface area contributed by atoms with E-state index in [0.717, 1.165) is 5.69 Å². The predicted molar refractivity (Wildman–Crippen MR) is 59.5 cm³/mol. The van der Waals surface area contributed by atoms with Crippen LogP contribution in [0.2, 0.25) is 0 Å². The highest BCUT2D eigenvalue weighted by atomic mass is 19.1. The standard InChI is InChI=1S/C12H8FN3O/c13-9-4-1-3-8(7-9)11-15-12(17-16-11)10-5-2-6-14-10/h1-7,14H. The molecule has 0 atom stereocenters. The largest absolute Gasteiger partial charge is 0.357 e. The Bertz CT molecular complexity index is 631. The molecule has 0 saturated carbocycles. The number of rotatable bonds is 2. The first-order valence-electron chi connectivity index (χ1n) is 5.06. The number of hydrogen-bond donors (Lipinski definition) is 1. The normalized spacial score (nSPS) is 10.6. The van der Waals surface area contributed by atoms with E-state index in [1.807, 2.05) is 12.1 Å². The van der Waals surface area contributed by atoms with Crippen molar-refractivity contribution in [1.82, 2.24) is 15.1 Å². The molecule has 5 heteroatoms. The highest BCUT2D eigenvalue weighted by Gasteiger charge is 2.11. The fraction of sp³-hybridized carbons (Fsp3) is 0. The van der Waals surface area contributed by atoms with E-state index in [1.165, 1.54) is 12.1 Å². The number of aromatic nitrogens is 3. The lowest BCUT2D eigenvalue weighted by Crippen LogP contribution is -1.82. The molecule has 84 valence electrons. The summed E-state index contributed by atoms with van der Waals surface area (Å²) in [7, 11) is 0. The van der Waals surface area contributed by atoms with Gasteiger partial charge in [0.2, 0.25) is 5.82 Å². The van der Waals surface area contributed by atoms with Crippen molar-refractivity contribution in [3.05, 3.63) is 48.4 Å². The quantitative estimate of drug-likeness (QED) is 0.735. The second-order valence-corrected chi connectivity index (χ2v) is 3.52. The van der Waals surface area contributed by atoms with Gasteiger partial charge in [-0.3, -0.25) is 0 Å². The highest BCUT2D eigenvalue weighted by molar-refractivity contribution is 5.57. The first-order chi connectivity index (χ1) is 8.33. The second-order valence-electron chi connectivity index (χ2n) is 3.52. The Balaban J connectivity index is 2.01. The lowest BCUT2D eigenvalue weighted by Gasteiger charge is -1.92. The van der Waals surface area contributed by atoms with Crippen LogP contribution in [0, 0.1) is 5.82 Å². The minimum atomic E-state index is -0.325. The molecule has 0 aliphatic rings. The monoisotopic (exact) mass is 229 g/mol. The van der Waals surface area contributed by atoms with Crippen molar-refractivity contribution < 1.29 is 8.91 Å². The van der Waals surface area contributed by atoms with E-state index in [0.29, 0.717) is 17.3 Å². The zero-order chi connectivity index (χ0) is 11.7. The van der Waals surface area contributed by atoms with Crippen LogP contribution in [-0.2, 0) is 0 Å². The number of hydrogen-bond acceptors (Lipinski definition) is 3. The molecule has 0 fully saturated rings. The van der Waals surface area contributed by atoms with Crippen molar-refractivity contribution in [2.24, 2.45) is 0 Å². The molecule has 0 bridgehead atoms. The topological polar surface area (TPSA) is 54.7 Å². The second kappa shape index (κ2) is 3.86. The molecule has 17 heavy (non-hydrogen) atoms. The van der Waals surface area contributed by atoms with E-state index in [-0.39, 0.29) is 5.82 Å². The highest BCUT2D eigenvalue weighted by Crippen LogP contribution is 2.21. The Kier molecular flexibility index (Phi) is 2.22. The number of benzene rings is 1. The van der Waals surface area contributed by atoms with Crippen LogP contribution in [0.5, 0.6) is 0 Å². The fourth-order valence-electron chi connectivity index (χ4n) is 1.54. The maximum absolute atomic E-state index is 13.0. The van der Waals surface area contributed by atoms with Gasteiger partial charge in [0.05, 0.1) is 0 Å². The Hall–Kier alpha value is -2.43. The zero-order valence-corrected chi connectivity index (χ0v) is 8.72. The van der Waals surface area contributed by atoms with Crippen LogP contribution < -0.4 is 0 Å². The molecule has 0 aliphatic carbocycles. The predicted octanol–water partition coefficient (Wildman–Crippen LogP) is 2.87. The fourth-order valence-corrected chi connectivity index (χ4v) is 1.54. The summed E-state index contributed by atoms with van der Waals surface area (Å²) in [6.45, 7) is 0. The van der Waals surface area contributed by atoms with Crippen LogP contribution >= 0.6 is 0 Å². The molecule has 2 aromatic heterocycles. The molecule has 3 rings (SSSR count). The van der Waals surface area contributed by atoms with E-state index < -0.39 is 0 Å². The third-order valence-corrected chi connectivity index (χ3v) is 2.34. The van der Waals surface area contributed by atoms with E-state index >= 15 is 0 Å².